The number of unbranched alkanes of at least 4 members (excludes halogenated alkanes) is 3. The van der Waals surface area contributed by atoms with Crippen molar-refractivity contribution in [3.8, 4) is 0 Å². The second-order valence-corrected chi connectivity index (χ2v) is 2.39. The number of alkyl halides is 1. The van der Waals surface area contributed by atoms with E-state index in [4.69, 9.17) is 0 Å². The molecule has 0 saturated heterocycles. The summed E-state index contributed by atoms with van der Waals surface area (Å²) in [4.78, 5) is 0. The van der Waals surface area contributed by atoms with E-state index in [1.165, 1.54) is 19.3 Å². The molecule has 0 atom stereocenters. The largest absolute Gasteiger partial charge is 0.0928 e. The van der Waals surface area contributed by atoms with E-state index in [1.807, 2.05) is 0 Å². The summed E-state index contributed by atoms with van der Waals surface area (Å²) in [6.07, 6.45) is 6.13. The Morgan fingerprint density at radius 2 is 2.14 bits per heavy atom. The predicted molar refractivity (Wildman–Crippen MR) is 37.6 cm³/mol. The molecule has 0 aromatic carbocycles. The molecule has 0 aromatic heterocycles. The lowest BCUT2D eigenvalue weighted by molar-refractivity contribution is 0.794. The van der Waals surface area contributed by atoms with Crippen LogP contribution >= 0.6 is 15.9 Å². The van der Waals surface area contributed by atoms with Gasteiger partial charge in [0, 0.05) is 5.33 Å². The average molecular weight is 164 g/mol. The fourth-order valence-corrected chi connectivity index (χ4v) is 0.839. The van der Waals surface area contributed by atoms with Crippen molar-refractivity contribution in [3.05, 3.63) is 6.42 Å². The van der Waals surface area contributed by atoms with Gasteiger partial charge in [0.1, 0.15) is 0 Å². The normalized spacial score (nSPS) is 9.43. The molecular formula is C6H12Br. The first-order valence-corrected chi connectivity index (χ1v) is 3.87. The quantitative estimate of drug-likeness (QED) is 0.442. The average Bonchev–Trinajstić information content (AvgIpc) is 1.69. The van der Waals surface area contributed by atoms with Gasteiger partial charge in [-0.1, -0.05) is 35.7 Å². The first-order chi connectivity index (χ1) is 3.41. The first-order valence-electron chi connectivity index (χ1n) is 2.75. The standard InChI is InChI=1S/C6H12Br/c1-2-3-4-5-6-7/h2H,3-6H2,1H3. The number of hydrogen-bond acceptors (Lipinski definition) is 0. The Balaban J connectivity index is 2.45. The zero-order valence-corrected chi connectivity index (χ0v) is 6.37. The van der Waals surface area contributed by atoms with Crippen LogP contribution in [0.4, 0.5) is 0 Å². The highest BCUT2D eigenvalue weighted by Gasteiger charge is 1.81. The van der Waals surface area contributed by atoms with Crippen LogP contribution in [0.2, 0.25) is 0 Å². The summed E-state index contributed by atoms with van der Waals surface area (Å²) < 4.78 is 0. The molecule has 0 N–H and O–H groups in total. The van der Waals surface area contributed by atoms with Crippen LogP contribution in [0.3, 0.4) is 0 Å². The number of rotatable bonds is 4. The molecule has 0 unspecified atom stereocenters. The van der Waals surface area contributed by atoms with Crippen LogP contribution in [0.15, 0.2) is 0 Å². The van der Waals surface area contributed by atoms with Gasteiger partial charge in [0.2, 0.25) is 0 Å². The first kappa shape index (κ1) is 7.48. The van der Waals surface area contributed by atoms with Crippen LogP contribution in [-0.4, -0.2) is 5.33 Å². The molecule has 1 heteroatoms. The third-order valence-corrected chi connectivity index (χ3v) is 1.44. The Hall–Kier alpha value is 0.480. The number of halogens is 1. The molecule has 0 aromatic rings. The molecule has 0 aliphatic rings. The Morgan fingerprint density at radius 1 is 1.43 bits per heavy atom. The van der Waals surface area contributed by atoms with E-state index in [2.05, 4.69) is 29.3 Å². The summed E-state index contributed by atoms with van der Waals surface area (Å²) in [5, 5.41) is 1.15. The predicted octanol–water partition coefficient (Wildman–Crippen LogP) is 2.78. The maximum atomic E-state index is 3.37. The van der Waals surface area contributed by atoms with E-state index in [0.717, 1.165) is 5.33 Å². The van der Waals surface area contributed by atoms with Gasteiger partial charge in [-0.25, -0.2) is 0 Å². The van der Waals surface area contributed by atoms with Crippen LogP contribution in [0, 0.1) is 6.42 Å². The lowest BCUT2D eigenvalue weighted by atomic mass is 10.2. The zero-order chi connectivity index (χ0) is 5.54. The molecule has 7 heavy (non-hydrogen) atoms. The zero-order valence-electron chi connectivity index (χ0n) is 4.78. The molecule has 0 spiro atoms. The Kier molecular flexibility index (Phi) is 6.92. The minimum Gasteiger partial charge on any atom is -0.0928 e. The molecule has 0 saturated carbocycles. The summed E-state index contributed by atoms with van der Waals surface area (Å²) in [7, 11) is 0. The Labute approximate surface area is 54.4 Å². The summed E-state index contributed by atoms with van der Waals surface area (Å²) in [6.45, 7) is 2.11. The molecule has 43 valence electrons. The maximum absolute atomic E-state index is 3.37. The third kappa shape index (κ3) is 6.48. The van der Waals surface area contributed by atoms with E-state index in [1.54, 1.807) is 0 Å². The van der Waals surface area contributed by atoms with E-state index in [0.29, 0.717) is 0 Å². The van der Waals surface area contributed by atoms with Crippen molar-refractivity contribution < 1.29 is 0 Å². The van der Waals surface area contributed by atoms with Crippen LogP contribution < -0.4 is 0 Å². The van der Waals surface area contributed by atoms with Crippen molar-refractivity contribution in [2.24, 2.45) is 0 Å². The maximum Gasteiger partial charge on any atom is 0.00313 e. The highest BCUT2D eigenvalue weighted by atomic mass is 79.9. The van der Waals surface area contributed by atoms with Crippen LogP contribution in [-0.2, 0) is 0 Å². The topological polar surface area (TPSA) is 0 Å². The fraction of sp³-hybridized carbons (Fsp3) is 0.833. The molecule has 0 nitrogen and oxygen atoms in total. The third-order valence-electron chi connectivity index (χ3n) is 0.876. The molecule has 0 bridgehead atoms. The second-order valence-electron chi connectivity index (χ2n) is 1.59. The molecule has 0 rings (SSSR count). The van der Waals surface area contributed by atoms with E-state index < -0.39 is 0 Å². The van der Waals surface area contributed by atoms with Crippen molar-refractivity contribution in [1.82, 2.24) is 0 Å². The molecule has 1 radical (unpaired) electrons. The smallest absolute Gasteiger partial charge is 0.00313 e. The van der Waals surface area contributed by atoms with Crippen LogP contribution in [0.5, 0.6) is 0 Å². The van der Waals surface area contributed by atoms with Gasteiger partial charge in [0.15, 0.2) is 0 Å². The summed E-state index contributed by atoms with van der Waals surface area (Å²) in [5.74, 6) is 0. The fourth-order valence-electron chi connectivity index (χ4n) is 0.443. The number of hydrogen-bond donors (Lipinski definition) is 0. The molecule has 0 aliphatic carbocycles. The summed E-state index contributed by atoms with van der Waals surface area (Å²) in [6, 6.07) is 0. The van der Waals surface area contributed by atoms with Gasteiger partial charge in [0.25, 0.3) is 0 Å². The Morgan fingerprint density at radius 3 is 2.57 bits per heavy atom. The molecular weight excluding hydrogens is 152 g/mol. The Bertz CT molecular complexity index is 23.4. The van der Waals surface area contributed by atoms with Gasteiger partial charge >= 0.3 is 0 Å². The van der Waals surface area contributed by atoms with Crippen LogP contribution in [0.1, 0.15) is 26.2 Å². The van der Waals surface area contributed by atoms with E-state index in [9.17, 15) is 0 Å². The SMILES string of the molecule is C[CH]CCCCBr. The summed E-state index contributed by atoms with van der Waals surface area (Å²) in [5.41, 5.74) is 0. The minimum absolute atomic E-state index is 1.15. The van der Waals surface area contributed by atoms with Crippen molar-refractivity contribution in [2.45, 2.75) is 26.2 Å². The molecule has 0 aliphatic heterocycles. The van der Waals surface area contributed by atoms with Gasteiger partial charge in [-0.05, 0) is 12.8 Å². The van der Waals surface area contributed by atoms with E-state index in [-0.39, 0.29) is 0 Å². The van der Waals surface area contributed by atoms with Crippen molar-refractivity contribution in [1.29, 1.82) is 0 Å². The van der Waals surface area contributed by atoms with Crippen LogP contribution in [0.25, 0.3) is 0 Å². The lowest BCUT2D eigenvalue weighted by Crippen LogP contribution is -1.74. The van der Waals surface area contributed by atoms with E-state index >= 15 is 0 Å². The monoisotopic (exact) mass is 163 g/mol. The van der Waals surface area contributed by atoms with Gasteiger partial charge in [0.05, 0.1) is 0 Å². The molecule has 0 heterocycles. The highest BCUT2D eigenvalue weighted by molar-refractivity contribution is 9.09. The van der Waals surface area contributed by atoms with Gasteiger partial charge in [-0.3, -0.25) is 0 Å². The minimum atomic E-state index is 1.15. The molecule has 0 fully saturated rings. The lowest BCUT2D eigenvalue weighted by Gasteiger charge is -1.89. The second kappa shape index (κ2) is 6.48. The van der Waals surface area contributed by atoms with Crippen molar-refractivity contribution in [2.75, 3.05) is 5.33 Å². The molecule has 0 amide bonds. The summed E-state index contributed by atoms with van der Waals surface area (Å²) >= 11 is 3.37. The van der Waals surface area contributed by atoms with Gasteiger partial charge in [-0.2, -0.15) is 0 Å². The van der Waals surface area contributed by atoms with Gasteiger partial charge in [-0.15, -0.1) is 0 Å². The van der Waals surface area contributed by atoms with Crippen molar-refractivity contribution in [3.63, 3.8) is 0 Å². The van der Waals surface area contributed by atoms with Crippen molar-refractivity contribution >= 4 is 15.9 Å². The van der Waals surface area contributed by atoms with Gasteiger partial charge < -0.3 is 0 Å². The highest BCUT2D eigenvalue weighted by Crippen LogP contribution is 1.99.